The van der Waals surface area contributed by atoms with Crippen molar-refractivity contribution in [2.45, 2.75) is 40.2 Å². The maximum absolute atomic E-state index is 11.5. The van der Waals surface area contributed by atoms with E-state index in [1.807, 2.05) is 6.92 Å². The van der Waals surface area contributed by atoms with E-state index in [0.29, 0.717) is 18.9 Å². The molecule has 0 aromatic carbocycles. The summed E-state index contributed by atoms with van der Waals surface area (Å²) in [6.45, 7) is 6.04. The molecule has 1 aromatic heterocycles. The minimum Gasteiger partial charge on any atom is -0.466 e. The van der Waals surface area contributed by atoms with Gasteiger partial charge in [-0.1, -0.05) is 5.16 Å². The summed E-state index contributed by atoms with van der Waals surface area (Å²) >= 11 is 0. The monoisotopic (exact) mass is 254 g/mol. The molecule has 100 valence electrons. The zero-order valence-corrected chi connectivity index (χ0v) is 10.9. The standard InChI is InChI=1S/C12H18N2O4/c1-4-17-12(16)6-5-11(15)13-7-10-8(2)14-18-9(10)3/h4-7H2,1-3H3,(H,13,15). The Hall–Kier alpha value is -1.85. The summed E-state index contributed by atoms with van der Waals surface area (Å²) in [5, 5.41) is 6.51. The lowest BCUT2D eigenvalue weighted by Gasteiger charge is -2.04. The van der Waals surface area contributed by atoms with Gasteiger partial charge in [-0.2, -0.15) is 0 Å². The summed E-state index contributed by atoms with van der Waals surface area (Å²) in [7, 11) is 0. The predicted molar refractivity (Wildman–Crippen MR) is 63.7 cm³/mol. The smallest absolute Gasteiger partial charge is 0.306 e. The average molecular weight is 254 g/mol. The van der Waals surface area contributed by atoms with Crippen molar-refractivity contribution < 1.29 is 18.8 Å². The highest BCUT2D eigenvalue weighted by Crippen LogP contribution is 2.11. The third kappa shape index (κ3) is 4.20. The quantitative estimate of drug-likeness (QED) is 0.773. The lowest BCUT2D eigenvalue weighted by molar-refractivity contribution is -0.144. The fraction of sp³-hybridized carbons (Fsp3) is 0.583. The van der Waals surface area contributed by atoms with E-state index >= 15 is 0 Å². The van der Waals surface area contributed by atoms with Crippen molar-refractivity contribution in [3.05, 3.63) is 17.0 Å². The molecule has 18 heavy (non-hydrogen) atoms. The van der Waals surface area contributed by atoms with Crippen molar-refractivity contribution in [3.63, 3.8) is 0 Å². The molecule has 0 saturated heterocycles. The number of nitrogens with zero attached hydrogens (tertiary/aromatic N) is 1. The van der Waals surface area contributed by atoms with Crippen LogP contribution in [0.25, 0.3) is 0 Å². The average Bonchev–Trinajstić information content (AvgIpc) is 2.64. The second-order valence-corrected chi connectivity index (χ2v) is 3.88. The number of rotatable bonds is 6. The van der Waals surface area contributed by atoms with Crippen LogP contribution in [0.1, 0.15) is 36.8 Å². The van der Waals surface area contributed by atoms with Crippen LogP contribution in [-0.4, -0.2) is 23.6 Å². The summed E-state index contributed by atoms with van der Waals surface area (Å²) in [6.07, 6.45) is 0.226. The van der Waals surface area contributed by atoms with Crippen molar-refractivity contribution in [1.29, 1.82) is 0 Å². The van der Waals surface area contributed by atoms with Crippen molar-refractivity contribution in [3.8, 4) is 0 Å². The highest BCUT2D eigenvalue weighted by molar-refractivity contribution is 5.81. The maximum atomic E-state index is 11.5. The van der Waals surface area contributed by atoms with Gasteiger partial charge < -0.3 is 14.6 Å². The molecule has 1 heterocycles. The van der Waals surface area contributed by atoms with Crippen LogP contribution < -0.4 is 5.32 Å². The fourth-order valence-corrected chi connectivity index (χ4v) is 1.48. The summed E-state index contributed by atoms with van der Waals surface area (Å²) in [6, 6.07) is 0. The lowest BCUT2D eigenvalue weighted by Crippen LogP contribution is -2.24. The SMILES string of the molecule is CCOC(=O)CCC(=O)NCc1c(C)noc1C. The number of amides is 1. The number of aryl methyl sites for hydroxylation is 2. The molecule has 0 bridgehead atoms. The number of esters is 1. The number of aromatic nitrogens is 1. The van der Waals surface area contributed by atoms with Gasteiger partial charge in [-0.05, 0) is 20.8 Å². The van der Waals surface area contributed by atoms with Crippen LogP contribution in [0.15, 0.2) is 4.52 Å². The topological polar surface area (TPSA) is 81.4 Å². The van der Waals surface area contributed by atoms with Crippen molar-refractivity contribution in [1.82, 2.24) is 10.5 Å². The minimum absolute atomic E-state index is 0.0985. The number of carbonyl (C=O) groups excluding carboxylic acids is 2. The van der Waals surface area contributed by atoms with Gasteiger partial charge in [0, 0.05) is 18.5 Å². The molecule has 0 fully saturated rings. The highest BCUT2D eigenvalue weighted by Gasteiger charge is 2.11. The molecule has 0 spiro atoms. The van der Waals surface area contributed by atoms with E-state index in [-0.39, 0.29) is 24.7 Å². The molecule has 1 aromatic rings. The first-order valence-electron chi connectivity index (χ1n) is 5.88. The number of hydrogen-bond donors (Lipinski definition) is 1. The molecular formula is C12H18N2O4. The Morgan fingerprint density at radius 2 is 2.06 bits per heavy atom. The van der Waals surface area contributed by atoms with Crippen molar-refractivity contribution in [2.75, 3.05) is 6.61 Å². The molecule has 0 saturated carbocycles. The van der Waals surface area contributed by atoms with E-state index in [1.54, 1.807) is 13.8 Å². The largest absolute Gasteiger partial charge is 0.466 e. The summed E-state index contributed by atoms with van der Waals surface area (Å²) in [4.78, 5) is 22.6. The summed E-state index contributed by atoms with van der Waals surface area (Å²) < 4.78 is 9.72. The van der Waals surface area contributed by atoms with Gasteiger partial charge in [0.15, 0.2) is 0 Å². The van der Waals surface area contributed by atoms with E-state index in [1.165, 1.54) is 0 Å². The van der Waals surface area contributed by atoms with Crippen molar-refractivity contribution in [2.24, 2.45) is 0 Å². The second-order valence-electron chi connectivity index (χ2n) is 3.88. The Morgan fingerprint density at radius 3 is 2.61 bits per heavy atom. The molecular weight excluding hydrogens is 236 g/mol. The molecule has 0 unspecified atom stereocenters. The first-order valence-corrected chi connectivity index (χ1v) is 5.88. The van der Waals surface area contributed by atoms with Gasteiger partial charge in [0.2, 0.25) is 5.91 Å². The van der Waals surface area contributed by atoms with E-state index in [0.717, 1.165) is 11.3 Å². The van der Waals surface area contributed by atoms with Gasteiger partial charge >= 0.3 is 5.97 Å². The van der Waals surface area contributed by atoms with E-state index in [9.17, 15) is 9.59 Å². The first kappa shape index (κ1) is 14.2. The van der Waals surface area contributed by atoms with Gasteiger partial charge in [0.25, 0.3) is 0 Å². The Bertz CT molecular complexity index is 406. The van der Waals surface area contributed by atoms with Crippen LogP contribution in [-0.2, 0) is 20.9 Å². The zero-order valence-electron chi connectivity index (χ0n) is 10.9. The third-order valence-electron chi connectivity index (χ3n) is 2.51. The van der Waals surface area contributed by atoms with Gasteiger partial charge in [0.05, 0.1) is 18.7 Å². The Labute approximate surface area is 106 Å². The maximum Gasteiger partial charge on any atom is 0.306 e. The molecule has 0 aliphatic carbocycles. The normalized spacial score (nSPS) is 10.2. The van der Waals surface area contributed by atoms with Gasteiger partial charge in [-0.3, -0.25) is 9.59 Å². The Balaban J connectivity index is 2.31. The second kappa shape index (κ2) is 6.78. The van der Waals surface area contributed by atoms with Gasteiger partial charge in [-0.15, -0.1) is 0 Å². The van der Waals surface area contributed by atoms with E-state index in [4.69, 9.17) is 9.26 Å². The Kier molecular flexibility index (Phi) is 5.35. The number of carbonyl (C=O) groups is 2. The van der Waals surface area contributed by atoms with Gasteiger partial charge in [0.1, 0.15) is 5.76 Å². The number of nitrogens with one attached hydrogen (secondary N) is 1. The molecule has 1 rings (SSSR count). The van der Waals surface area contributed by atoms with Crippen LogP contribution in [0.2, 0.25) is 0 Å². The van der Waals surface area contributed by atoms with Crippen molar-refractivity contribution >= 4 is 11.9 Å². The minimum atomic E-state index is -0.356. The highest BCUT2D eigenvalue weighted by atomic mass is 16.5. The van der Waals surface area contributed by atoms with Crippen LogP contribution in [0.4, 0.5) is 0 Å². The van der Waals surface area contributed by atoms with E-state index < -0.39 is 0 Å². The predicted octanol–water partition coefficient (Wildman–Crippen LogP) is 1.25. The molecule has 6 heteroatoms. The van der Waals surface area contributed by atoms with Gasteiger partial charge in [-0.25, -0.2) is 0 Å². The zero-order chi connectivity index (χ0) is 13.5. The third-order valence-corrected chi connectivity index (χ3v) is 2.51. The van der Waals surface area contributed by atoms with Crippen LogP contribution >= 0.6 is 0 Å². The molecule has 0 radical (unpaired) electrons. The first-order chi connectivity index (χ1) is 8.54. The van der Waals surface area contributed by atoms with E-state index in [2.05, 4.69) is 10.5 Å². The molecule has 1 N–H and O–H groups in total. The van der Waals surface area contributed by atoms with Crippen LogP contribution in [0.5, 0.6) is 0 Å². The lowest BCUT2D eigenvalue weighted by atomic mass is 10.2. The fourth-order valence-electron chi connectivity index (χ4n) is 1.48. The molecule has 6 nitrogen and oxygen atoms in total. The molecule has 1 amide bonds. The molecule has 0 atom stereocenters. The summed E-state index contributed by atoms with van der Waals surface area (Å²) in [5.41, 5.74) is 1.64. The molecule has 0 aliphatic rings. The molecule has 0 aliphatic heterocycles. The number of ether oxygens (including phenoxy) is 1. The van der Waals surface area contributed by atoms with Crippen LogP contribution in [0, 0.1) is 13.8 Å². The Morgan fingerprint density at radius 1 is 1.33 bits per heavy atom. The van der Waals surface area contributed by atoms with Crippen LogP contribution in [0.3, 0.4) is 0 Å². The summed E-state index contributed by atoms with van der Waals surface area (Å²) in [5.74, 6) is 0.145. The number of hydrogen-bond acceptors (Lipinski definition) is 5.